The smallest absolute Gasteiger partial charge is 0.427 e. The van der Waals surface area contributed by atoms with Crippen molar-refractivity contribution in [2.75, 3.05) is 23.2 Å². The van der Waals surface area contributed by atoms with E-state index in [-0.39, 0.29) is 58.4 Å². The molecule has 1 saturated carbocycles. The summed E-state index contributed by atoms with van der Waals surface area (Å²) in [6.07, 6.45) is -3.61. The minimum Gasteiger partial charge on any atom is -0.486 e. The van der Waals surface area contributed by atoms with Crippen LogP contribution in [0.2, 0.25) is 0 Å². The lowest BCUT2D eigenvalue weighted by Gasteiger charge is -2.35. The lowest BCUT2D eigenvalue weighted by molar-refractivity contribution is -0.257. The van der Waals surface area contributed by atoms with Crippen LogP contribution in [0.3, 0.4) is 0 Å². The highest BCUT2D eigenvalue weighted by Crippen LogP contribution is 2.41. The normalized spacial score (nSPS) is 17.9. The van der Waals surface area contributed by atoms with E-state index < -0.39 is 50.1 Å². The molecule has 2 aliphatic rings. The molecule has 1 aromatic heterocycles. The van der Waals surface area contributed by atoms with Gasteiger partial charge < -0.3 is 14.2 Å². The molecule has 2 heterocycles. The summed E-state index contributed by atoms with van der Waals surface area (Å²) in [7, 11) is -7.71. The van der Waals surface area contributed by atoms with Crippen molar-refractivity contribution in [2.24, 2.45) is 0 Å². The van der Waals surface area contributed by atoms with Crippen LogP contribution >= 0.6 is 0 Å². The summed E-state index contributed by atoms with van der Waals surface area (Å²) in [4.78, 5) is 12.2. The van der Waals surface area contributed by atoms with Gasteiger partial charge in [0.05, 0.1) is 36.3 Å². The molecule has 42 heavy (non-hydrogen) atoms. The molecular weight excluding hydrogens is 603 g/mol. The molecule has 0 saturated heterocycles. The Labute approximate surface area is 242 Å². The molecule has 1 aromatic carbocycles. The Bertz CT molecular complexity index is 1530. The summed E-state index contributed by atoms with van der Waals surface area (Å²) in [5.41, 5.74) is -2.51. The molecule has 0 bridgehead atoms. The van der Waals surface area contributed by atoms with Gasteiger partial charge in [0.1, 0.15) is 11.9 Å². The van der Waals surface area contributed by atoms with Crippen molar-refractivity contribution < 1.29 is 49.0 Å². The highest BCUT2D eigenvalue weighted by Gasteiger charge is 2.50. The monoisotopic (exact) mass is 637 g/mol. The summed E-state index contributed by atoms with van der Waals surface area (Å²) in [5.74, 6) is -1.35. The highest BCUT2D eigenvalue weighted by atomic mass is 32.2. The van der Waals surface area contributed by atoms with Gasteiger partial charge in [-0.1, -0.05) is 6.07 Å². The van der Waals surface area contributed by atoms with Gasteiger partial charge in [-0.15, -0.1) is 5.10 Å². The van der Waals surface area contributed by atoms with E-state index in [1.807, 2.05) is 0 Å². The predicted molar refractivity (Wildman–Crippen MR) is 146 cm³/mol. The van der Waals surface area contributed by atoms with Gasteiger partial charge in [0.15, 0.2) is 14.7 Å². The molecular formula is C26H34F3N3O8S2. The average Bonchev–Trinajstić information content (AvgIpc) is 3.67. The number of hydrogen-bond donors (Lipinski definition) is 0. The van der Waals surface area contributed by atoms with Gasteiger partial charge >= 0.3 is 12.1 Å². The number of halogens is 3. The fourth-order valence-corrected chi connectivity index (χ4v) is 7.72. The van der Waals surface area contributed by atoms with Crippen molar-refractivity contribution in [2.45, 2.75) is 87.9 Å². The van der Waals surface area contributed by atoms with Crippen LogP contribution in [-0.4, -0.2) is 74.6 Å². The van der Waals surface area contributed by atoms with Gasteiger partial charge in [-0.25, -0.2) is 16.8 Å². The second-order valence-electron chi connectivity index (χ2n) is 10.7. The predicted octanol–water partition coefficient (Wildman–Crippen LogP) is 3.65. The van der Waals surface area contributed by atoms with Gasteiger partial charge in [-0.3, -0.25) is 13.8 Å². The van der Waals surface area contributed by atoms with Crippen molar-refractivity contribution in [3.05, 3.63) is 30.0 Å². The van der Waals surface area contributed by atoms with Crippen molar-refractivity contribution in [3.8, 4) is 11.6 Å². The highest BCUT2D eigenvalue weighted by molar-refractivity contribution is 7.93. The first kappa shape index (κ1) is 31.9. The van der Waals surface area contributed by atoms with E-state index >= 15 is 0 Å². The molecule has 0 spiro atoms. The third-order valence-corrected chi connectivity index (χ3v) is 11.0. The zero-order chi connectivity index (χ0) is 31.1. The average molecular weight is 638 g/mol. The van der Waals surface area contributed by atoms with E-state index in [0.29, 0.717) is 19.4 Å². The standard InChI is InChI=1S/C26H34F3N3O8S2/c1-5-31-16-22(24(30-31)38-6-2)42(36,37)32-15-18(11-12-41(34,35)19-8-9-19)39-21-10-7-17(13-20(21)32)14-23(33)40-25(3,4)26(27,28)29/h7,10,13,16,18-19H,5-6,8-9,11-12,14-15H2,1-4H3/t18-/m0/s1. The SMILES string of the molecule is CCOc1nn(CC)cc1S(=O)(=O)N1C[C@H](CCS(=O)(=O)C2CC2)Oc2ccc(CC(=O)OC(C)(C)C(F)(F)F)cc21. The molecule has 11 nitrogen and oxygen atoms in total. The minimum absolute atomic E-state index is 0.0309. The molecule has 0 N–H and O–H groups in total. The summed E-state index contributed by atoms with van der Waals surface area (Å²) in [5, 5.41) is 3.80. The van der Waals surface area contributed by atoms with Crippen LogP contribution in [0.5, 0.6) is 11.6 Å². The number of rotatable bonds is 12. The summed E-state index contributed by atoms with van der Waals surface area (Å²) >= 11 is 0. The third kappa shape index (κ3) is 6.79. The molecule has 1 aliphatic carbocycles. The van der Waals surface area contributed by atoms with Crippen molar-refractivity contribution in [1.29, 1.82) is 0 Å². The van der Waals surface area contributed by atoms with Crippen molar-refractivity contribution in [1.82, 2.24) is 9.78 Å². The number of benzene rings is 1. The Kier molecular flexibility index (Phi) is 8.80. The number of hydrogen-bond acceptors (Lipinski definition) is 9. The Hall–Kier alpha value is -3.01. The van der Waals surface area contributed by atoms with Crippen LogP contribution in [0.4, 0.5) is 18.9 Å². The van der Waals surface area contributed by atoms with Gasteiger partial charge in [0.2, 0.25) is 5.60 Å². The molecule has 1 fully saturated rings. The first-order chi connectivity index (χ1) is 19.5. The maximum absolute atomic E-state index is 14.1. The number of aromatic nitrogens is 2. The van der Waals surface area contributed by atoms with Gasteiger partial charge in [-0.2, -0.15) is 13.2 Å². The van der Waals surface area contributed by atoms with Crippen molar-refractivity contribution >= 4 is 31.5 Å². The molecule has 0 amide bonds. The Morgan fingerprint density at radius 3 is 2.43 bits per heavy atom. The number of alkyl halides is 3. The van der Waals surface area contributed by atoms with Gasteiger partial charge in [-0.05, 0) is 64.7 Å². The molecule has 0 unspecified atom stereocenters. The summed E-state index contributed by atoms with van der Waals surface area (Å²) in [6, 6.07) is 4.14. The number of nitrogens with zero attached hydrogens (tertiary/aromatic N) is 3. The van der Waals surface area contributed by atoms with Gasteiger partial charge in [0.25, 0.3) is 15.9 Å². The van der Waals surface area contributed by atoms with Crippen LogP contribution in [0, 0.1) is 0 Å². The number of sulfonamides is 1. The maximum Gasteiger partial charge on any atom is 0.427 e. The number of anilines is 1. The van der Waals surface area contributed by atoms with Crippen LogP contribution in [0.15, 0.2) is 29.3 Å². The van der Waals surface area contributed by atoms with Crippen LogP contribution in [0.25, 0.3) is 0 Å². The van der Waals surface area contributed by atoms with Crippen LogP contribution < -0.4 is 13.8 Å². The van der Waals surface area contributed by atoms with Crippen LogP contribution in [0.1, 0.15) is 52.5 Å². The molecule has 0 radical (unpaired) electrons. The second kappa shape index (κ2) is 11.6. The van der Waals surface area contributed by atoms with Crippen LogP contribution in [-0.2, 0) is 42.4 Å². The number of fused-ring (bicyclic) bond motifs is 1. The Morgan fingerprint density at radius 1 is 1.14 bits per heavy atom. The lowest BCUT2D eigenvalue weighted by atomic mass is 10.1. The minimum atomic E-state index is -4.79. The Balaban J connectivity index is 1.68. The second-order valence-corrected chi connectivity index (χ2v) is 14.9. The Morgan fingerprint density at radius 2 is 1.83 bits per heavy atom. The lowest BCUT2D eigenvalue weighted by Crippen LogP contribution is -2.44. The number of aryl methyl sites for hydroxylation is 1. The molecule has 16 heteroatoms. The molecule has 1 atom stereocenters. The number of carbonyl (C=O) groups is 1. The zero-order valence-electron chi connectivity index (χ0n) is 23.7. The molecule has 4 rings (SSSR count). The van der Waals surface area contributed by atoms with E-state index in [2.05, 4.69) is 9.84 Å². The third-order valence-electron chi connectivity index (χ3n) is 6.98. The maximum atomic E-state index is 14.1. The summed E-state index contributed by atoms with van der Waals surface area (Å²) in [6.45, 7) is 5.15. The number of sulfone groups is 1. The van der Waals surface area contributed by atoms with E-state index in [0.717, 1.165) is 18.2 Å². The number of carbonyl (C=O) groups excluding carboxylic acids is 1. The van der Waals surface area contributed by atoms with E-state index in [4.69, 9.17) is 9.47 Å². The van der Waals surface area contributed by atoms with E-state index in [9.17, 15) is 34.8 Å². The van der Waals surface area contributed by atoms with Crippen molar-refractivity contribution in [3.63, 3.8) is 0 Å². The number of esters is 1. The zero-order valence-corrected chi connectivity index (χ0v) is 25.3. The first-order valence-corrected chi connectivity index (χ1v) is 16.7. The first-order valence-electron chi connectivity index (χ1n) is 13.5. The quantitative estimate of drug-likeness (QED) is 0.320. The topological polar surface area (TPSA) is 134 Å². The number of ether oxygens (including phenoxy) is 3. The molecule has 1 aliphatic heterocycles. The fraction of sp³-hybridized carbons (Fsp3) is 0.615. The fourth-order valence-electron chi connectivity index (χ4n) is 4.36. The van der Waals surface area contributed by atoms with Gasteiger partial charge in [0, 0.05) is 12.7 Å². The summed E-state index contributed by atoms with van der Waals surface area (Å²) < 4.78 is 111. The van der Waals surface area contributed by atoms with E-state index in [1.165, 1.54) is 29.1 Å². The largest absolute Gasteiger partial charge is 0.486 e. The van der Waals surface area contributed by atoms with E-state index in [1.54, 1.807) is 13.8 Å². The molecule has 2 aromatic rings. The molecule has 234 valence electrons.